The number of ether oxygens (including phenoxy) is 2. The summed E-state index contributed by atoms with van der Waals surface area (Å²) >= 11 is 0. The van der Waals surface area contributed by atoms with Gasteiger partial charge in [-0.25, -0.2) is 0 Å². The summed E-state index contributed by atoms with van der Waals surface area (Å²) in [5.41, 5.74) is 0.897. The summed E-state index contributed by atoms with van der Waals surface area (Å²) < 4.78 is 11.2. The lowest BCUT2D eigenvalue weighted by Gasteiger charge is -2.08. The van der Waals surface area contributed by atoms with Crippen LogP contribution >= 0.6 is 0 Å². The number of hydrogen-bond acceptors (Lipinski definition) is 3. The Kier molecular flexibility index (Phi) is 5.93. The average molecular weight is 272 g/mol. The summed E-state index contributed by atoms with van der Waals surface area (Å²) in [6.07, 6.45) is 1.91. The van der Waals surface area contributed by atoms with Gasteiger partial charge in [0.15, 0.2) is 0 Å². The molecule has 0 aliphatic rings. The molecule has 3 heteroatoms. The van der Waals surface area contributed by atoms with Crippen LogP contribution in [0, 0.1) is 0 Å². The summed E-state index contributed by atoms with van der Waals surface area (Å²) in [5.74, 6) is 1.75. The Bertz CT molecular complexity index is 479. The van der Waals surface area contributed by atoms with Crippen molar-refractivity contribution in [3.8, 4) is 11.5 Å². The van der Waals surface area contributed by atoms with Crippen molar-refractivity contribution in [2.75, 3.05) is 13.2 Å². The van der Waals surface area contributed by atoms with E-state index >= 15 is 0 Å². The van der Waals surface area contributed by atoms with Crippen LogP contribution in [0.3, 0.4) is 0 Å². The predicted octanol–water partition coefficient (Wildman–Crippen LogP) is 3.42. The van der Waals surface area contributed by atoms with Gasteiger partial charge >= 0.3 is 0 Å². The third kappa shape index (κ3) is 4.94. The molecule has 0 fully saturated rings. The van der Waals surface area contributed by atoms with Crippen LogP contribution in [-0.4, -0.2) is 18.3 Å². The highest BCUT2D eigenvalue weighted by Crippen LogP contribution is 2.13. The van der Waals surface area contributed by atoms with E-state index in [4.69, 9.17) is 14.6 Å². The van der Waals surface area contributed by atoms with Crippen molar-refractivity contribution in [3.63, 3.8) is 0 Å². The van der Waals surface area contributed by atoms with Crippen molar-refractivity contribution >= 4 is 0 Å². The van der Waals surface area contributed by atoms with Crippen LogP contribution < -0.4 is 9.47 Å². The summed E-state index contributed by atoms with van der Waals surface area (Å²) in [5, 5.41) is 8.94. The van der Waals surface area contributed by atoms with E-state index in [0.717, 1.165) is 29.9 Å². The van der Waals surface area contributed by atoms with Crippen LogP contribution in [0.2, 0.25) is 0 Å². The summed E-state index contributed by atoms with van der Waals surface area (Å²) in [6, 6.07) is 17.3. The highest BCUT2D eigenvalue weighted by atomic mass is 16.5. The van der Waals surface area contributed by atoms with Gasteiger partial charge in [-0.2, -0.15) is 0 Å². The highest BCUT2D eigenvalue weighted by molar-refractivity contribution is 5.26. The number of benzene rings is 2. The molecule has 20 heavy (non-hydrogen) atoms. The number of unbranched alkanes of at least 4 members (excludes halogenated alkanes) is 1. The van der Waals surface area contributed by atoms with Crippen molar-refractivity contribution in [3.05, 3.63) is 60.2 Å². The molecule has 3 nitrogen and oxygen atoms in total. The second-order valence-corrected chi connectivity index (χ2v) is 4.52. The molecule has 0 saturated heterocycles. The largest absolute Gasteiger partial charge is 0.494 e. The molecule has 2 aromatic carbocycles. The van der Waals surface area contributed by atoms with Gasteiger partial charge in [0.1, 0.15) is 11.5 Å². The molecule has 0 atom stereocenters. The lowest BCUT2D eigenvalue weighted by atomic mass is 10.2. The van der Waals surface area contributed by atoms with E-state index < -0.39 is 0 Å². The van der Waals surface area contributed by atoms with Crippen LogP contribution in [0.25, 0.3) is 0 Å². The lowest BCUT2D eigenvalue weighted by Crippen LogP contribution is -2.02. The molecule has 1 N–H and O–H groups in total. The first-order valence-corrected chi connectivity index (χ1v) is 6.89. The Labute approximate surface area is 119 Å². The third-order valence-corrected chi connectivity index (χ3v) is 2.93. The van der Waals surface area contributed by atoms with Crippen LogP contribution in [0.15, 0.2) is 54.6 Å². The first kappa shape index (κ1) is 14.4. The fourth-order valence-electron chi connectivity index (χ4n) is 1.79. The minimum atomic E-state index is 0.0666. The fraction of sp³-hybridized carbons (Fsp3) is 0.294. The topological polar surface area (TPSA) is 38.7 Å². The highest BCUT2D eigenvalue weighted by Gasteiger charge is 1.96. The fourth-order valence-corrected chi connectivity index (χ4v) is 1.79. The Morgan fingerprint density at radius 3 is 1.80 bits per heavy atom. The molecule has 0 saturated carbocycles. The summed E-state index contributed by atoms with van der Waals surface area (Å²) in [4.78, 5) is 0. The van der Waals surface area contributed by atoms with Gasteiger partial charge in [0, 0.05) is 0 Å². The Morgan fingerprint density at radius 1 is 0.700 bits per heavy atom. The standard InChI is InChI=1S/C17H20O3/c18-14-15-8-10-17(11-9-15)20-13-5-4-12-19-16-6-2-1-3-7-16/h1-3,6-11,18H,4-5,12-14H2. The second-order valence-electron chi connectivity index (χ2n) is 4.52. The quantitative estimate of drug-likeness (QED) is 0.748. The van der Waals surface area contributed by atoms with Crippen molar-refractivity contribution < 1.29 is 14.6 Å². The molecule has 0 amide bonds. The Balaban J connectivity index is 1.57. The number of hydrogen-bond donors (Lipinski definition) is 1. The van der Waals surface area contributed by atoms with Gasteiger partial charge in [0.25, 0.3) is 0 Å². The zero-order valence-corrected chi connectivity index (χ0v) is 11.5. The molecule has 0 aliphatic carbocycles. The molecule has 0 bridgehead atoms. The lowest BCUT2D eigenvalue weighted by molar-refractivity contribution is 0.265. The third-order valence-electron chi connectivity index (χ3n) is 2.93. The van der Waals surface area contributed by atoms with E-state index in [1.54, 1.807) is 0 Å². The van der Waals surface area contributed by atoms with Crippen LogP contribution in [0.5, 0.6) is 11.5 Å². The van der Waals surface area contributed by atoms with E-state index in [9.17, 15) is 0 Å². The number of aliphatic hydroxyl groups is 1. The van der Waals surface area contributed by atoms with Crippen molar-refractivity contribution in [2.24, 2.45) is 0 Å². The van der Waals surface area contributed by atoms with Gasteiger partial charge in [-0.1, -0.05) is 30.3 Å². The zero-order valence-electron chi connectivity index (χ0n) is 11.5. The smallest absolute Gasteiger partial charge is 0.119 e. The van der Waals surface area contributed by atoms with Gasteiger partial charge in [0.2, 0.25) is 0 Å². The maximum Gasteiger partial charge on any atom is 0.119 e. The first-order chi connectivity index (χ1) is 9.88. The zero-order chi connectivity index (χ0) is 14.0. The van der Waals surface area contributed by atoms with Crippen molar-refractivity contribution in [1.29, 1.82) is 0 Å². The minimum absolute atomic E-state index is 0.0666. The first-order valence-electron chi connectivity index (χ1n) is 6.89. The van der Waals surface area contributed by atoms with Gasteiger partial charge < -0.3 is 14.6 Å². The molecular formula is C17H20O3. The number of rotatable bonds is 8. The van der Waals surface area contributed by atoms with Crippen LogP contribution in [0.4, 0.5) is 0 Å². The molecule has 0 radical (unpaired) electrons. The molecule has 2 rings (SSSR count). The maximum atomic E-state index is 8.94. The normalized spacial score (nSPS) is 10.2. The average Bonchev–Trinajstić information content (AvgIpc) is 2.52. The molecule has 2 aromatic rings. The number of aliphatic hydroxyl groups excluding tert-OH is 1. The Morgan fingerprint density at radius 2 is 1.25 bits per heavy atom. The van der Waals surface area contributed by atoms with Gasteiger partial charge in [-0.05, 0) is 42.7 Å². The van der Waals surface area contributed by atoms with E-state index in [1.165, 1.54) is 0 Å². The molecule has 0 unspecified atom stereocenters. The van der Waals surface area contributed by atoms with Gasteiger partial charge in [-0.3, -0.25) is 0 Å². The summed E-state index contributed by atoms with van der Waals surface area (Å²) in [6.45, 7) is 1.45. The SMILES string of the molecule is OCc1ccc(OCCCCOc2ccccc2)cc1. The van der Waals surface area contributed by atoms with Crippen molar-refractivity contribution in [2.45, 2.75) is 19.4 Å². The van der Waals surface area contributed by atoms with Crippen LogP contribution in [-0.2, 0) is 6.61 Å². The molecule has 0 aliphatic heterocycles. The van der Waals surface area contributed by atoms with E-state index in [0.29, 0.717) is 13.2 Å². The molecular weight excluding hydrogens is 252 g/mol. The molecule has 0 aromatic heterocycles. The predicted molar refractivity (Wildman–Crippen MR) is 79.0 cm³/mol. The van der Waals surface area contributed by atoms with Crippen molar-refractivity contribution in [1.82, 2.24) is 0 Å². The van der Waals surface area contributed by atoms with Gasteiger partial charge in [0.05, 0.1) is 19.8 Å². The Hall–Kier alpha value is -2.00. The van der Waals surface area contributed by atoms with E-state index in [2.05, 4.69) is 0 Å². The van der Waals surface area contributed by atoms with E-state index in [-0.39, 0.29) is 6.61 Å². The summed E-state index contributed by atoms with van der Waals surface area (Å²) in [7, 11) is 0. The maximum absolute atomic E-state index is 8.94. The molecule has 0 spiro atoms. The monoisotopic (exact) mass is 272 g/mol. The minimum Gasteiger partial charge on any atom is -0.494 e. The number of para-hydroxylation sites is 1. The van der Waals surface area contributed by atoms with Gasteiger partial charge in [-0.15, -0.1) is 0 Å². The van der Waals surface area contributed by atoms with Crippen LogP contribution in [0.1, 0.15) is 18.4 Å². The van der Waals surface area contributed by atoms with E-state index in [1.807, 2.05) is 54.6 Å². The second kappa shape index (κ2) is 8.23. The molecule has 0 heterocycles. The molecule has 106 valence electrons.